The Morgan fingerprint density at radius 3 is 2.68 bits per heavy atom. The van der Waals surface area contributed by atoms with Gasteiger partial charge in [0.2, 0.25) is 5.91 Å². The number of hydrogen-bond acceptors (Lipinski definition) is 7. The zero-order valence-electron chi connectivity index (χ0n) is 19.0. The van der Waals surface area contributed by atoms with Crippen LogP contribution in [0.15, 0.2) is 18.2 Å². The Morgan fingerprint density at radius 1 is 1.12 bits per heavy atom. The molecule has 3 aliphatic heterocycles. The minimum absolute atomic E-state index is 0.0278. The summed E-state index contributed by atoms with van der Waals surface area (Å²) >= 11 is 0. The molecule has 1 aromatic heterocycles. The van der Waals surface area contributed by atoms with Crippen molar-refractivity contribution in [1.82, 2.24) is 9.97 Å². The van der Waals surface area contributed by atoms with E-state index in [1.807, 2.05) is 0 Å². The molecule has 0 bridgehead atoms. The Balaban J connectivity index is 1.23. The van der Waals surface area contributed by atoms with Gasteiger partial charge in [-0.05, 0) is 25.0 Å². The van der Waals surface area contributed by atoms with Crippen LogP contribution in [0.4, 0.5) is 26.2 Å². The summed E-state index contributed by atoms with van der Waals surface area (Å²) in [4.78, 5) is 26.3. The third kappa shape index (κ3) is 3.83. The summed E-state index contributed by atoms with van der Waals surface area (Å²) in [5.74, 6) is 1.12. The summed E-state index contributed by atoms with van der Waals surface area (Å²) in [5.41, 5.74) is 0.891. The second-order valence-electron chi connectivity index (χ2n) is 9.53. The zero-order chi connectivity index (χ0) is 23.4. The average molecular weight is 472 g/mol. The van der Waals surface area contributed by atoms with Gasteiger partial charge in [0, 0.05) is 57.5 Å². The molecule has 2 saturated heterocycles. The summed E-state index contributed by atoms with van der Waals surface area (Å²) in [6.45, 7) is 2.62. The molecule has 0 radical (unpaired) electrons. The van der Waals surface area contributed by atoms with E-state index in [-0.39, 0.29) is 35.6 Å². The van der Waals surface area contributed by atoms with Crippen LogP contribution in [-0.4, -0.2) is 61.4 Å². The molecule has 1 saturated carbocycles. The third-order valence-corrected chi connectivity index (χ3v) is 7.19. The molecule has 6 rings (SSSR count). The lowest BCUT2D eigenvalue weighted by atomic mass is 10.1. The maximum Gasteiger partial charge on any atom is 0.231 e. The lowest BCUT2D eigenvalue weighted by Gasteiger charge is -2.35. The number of fused-ring (bicyclic) bond motifs is 3. The number of amides is 1. The molecule has 180 valence electrons. The molecule has 1 amide bonds. The van der Waals surface area contributed by atoms with E-state index in [4.69, 9.17) is 19.4 Å². The van der Waals surface area contributed by atoms with Crippen LogP contribution >= 0.6 is 0 Å². The monoisotopic (exact) mass is 471 g/mol. The van der Waals surface area contributed by atoms with E-state index in [2.05, 4.69) is 10.2 Å². The van der Waals surface area contributed by atoms with Crippen molar-refractivity contribution in [3.05, 3.63) is 35.5 Å². The van der Waals surface area contributed by atoms with Crippen LogP contribution in [0.2, 0.25) is 0 Å². The average Bonchev–Trinajstić information content (AvgIpc) is 3.48. The first kappa shape index (κ1) is 21.5. The summed E-state index contributed by atoms with van der Waals surface area (Å²) in [5, 5.41) is 3.53. The molecule has 1 aliphatic carbocycles. The van der Waals surface area contributed by atoms with Gasteiger partial charge in [-0.2, -0.15) is 0 Å². The Kier molecular flexibility index (Phi) is 5.28. The Morgan fingerprint density at radius 2 is 1.94 bits per heavy atom. The number of rotatable bonds is 5. The van der Waals surface area contributed by atoms with Gasteiger partial charge < -0.3 is 19.7 Å². The van der Waals surface area contributed by atoms with Gasteiger partial charge in [-0.3, -0.25) is 9.69 Å². The van der Waals surface area contributed by atoms with E-state index >= 15 is 0 Å². The van der Waals surface area contributed by atoms with Gasteiger partial charge in [0.1, 0.15) is 11.9 Å². The minimum Gasteiger partial charge on any atom is -0.487 e. The van der Waals surface area contributed by atoms with Crippen molar-refractivity contribution in [3.8, 4) is 5.75 Å². The number of piperidine rings is 1. The topological polar surface area (TPSA) is 79.8 Å². The SMILES string of the molecule is CN1C(=O)C2CC2c2nc(N[C@@H]3CCOC3)c(N3CCC(Oc4ccc(F)cc4F)CC3)nc21. The van der Waals surface area contributed by atoms with Crippen LogP contribution in [-0.2, 0) is 9.53 Å². The lowest BCUT2D eigenvalue weighted by molar-refractivity contribution is -0.119. The molecule has 0 spiro atoms. The fourth-order valence-electron chi connectivity index (χ4n) is 5.14. The minimum atomic E-state index is -0.695. The third-order valence-electron chi connectivity index (χ3n) is 7.19. The standard InChI is InChI=1S/C24H27F2N5O3/c1-30-22-20(16-11-17(16)24(30)32)28-21(27-14-6-9-33-12-14)23(29-22)31-7-4-15(5-8-31)34-19-3-2-13(25)10-18(19)26/h2-3,10,14-17H,4-9,11-12H2,1H3,(H,27,28)/t14-,16?,17?/m1/s1. The molecule has 34 heavy (non-hydrogen) atoms. The highest BCUT2D eigenvalue weighted by Gasteiger charge is 2.53. The summed E-state index contributed by atoms with van der Waals surface area (Å²) in [6.07, 6.45) is 2.86. The lowest BCUT2D eigenvalue weighted by Crippen LogP contribution is -2.40. The highest BCUT2D eigenvalue weighted by Crippen LogP contribution is 2.54. The highest BCUT2D eigenvalue weighted by atomic mass is 19.1. The first-order chi connectivity index (χ1) is 16.5. The molecular weight excluding hydrogens is 444 g/mol. The van der Waals surface area contributed by atoms with Gasteiger partial charge >= 0.3 is 0 Å². The molecule has 1 N–H and O–H groups in total. The smallest absolute Gasteiger partial charge is 0.231 e. The van der Waals surface area contributed by atoms with Crippen molar-refractivity contribution in [3.63, 3.8) is 0 Å². The van der Waals surface area contributed by atoms with Gasteiger partial charge in [-0.1, -0.05) is 0 Å². The number of halogens is 2. The Labute approximate surface area is 196 Å². The summed E-state index contributed by atoms with van der Waals surface area (Å²) in [6, 6.07) is 3.53. The van der Waals surface area contributed by atoms with Crippen molar-refractivity contribution in [2.24, 2.45) is 5.92 Å². The molecule has 4 aliphatic rings. The number of ether oxygens (including phenoxy) is 2. The normalized spacial score (nSPS) is 26.3. The van der Waals surface area contributed by atoms with E-state index < -0.39 is 11.6 Å². The van der Waals surface area contributed by atoms with Crippen LogP contribution in [0, 0.1) is 17.6 Å². The maximum absolute atomic E-state index is 14.0. The van der Waals surface area contributed by atoms with Crippen LogP contribution < -0.4 is 19.9 Å². The molecule has 2 aromatic rings. The van der Waals surface area contributed by atoms with Crippen molar-refractivity contribution in [2.75, 3.05) is 48.5 Å². The molecule has 10 heteroatoms. The van der Waals surface area contributed by atoms with Gasteiger partial charge in [0.05, 0.1) is 18.3 Å². The fourth-order valence-corrected chi connectivity index (χ4v) is 5.14. The van der Waals surface area contributed by atoms with Crippen molar-refractivity contribution in [1.29, 1.82) is 0 Å². The van der Waals surface area contributed by atoms with Gasteiger partial charge in [-0.25, -0.2) is 18.7 Å². The number of nitrogens with zero attached hydrogens (tertiary/aromatic N) is 4. The molecule has 1 aromatic carbocycles. The Bertz CT molecular complexity index is 1120. The number of carbonyl (C=O) groups excluding carboxylic acids is 1. The Hall–Kier alpha value is -3.01. The van der Waals surface area contributed by atoms with E-state index in [1.165, 1.54) is 12.1 Å². The quantitative estimate of drug-likeness (QED) is 0.718. The number of benzene rings is 1. The van der Waals surface area contributed by atoms with Crippen LogP contribution in [0.5, 0.6) is 5.75 Å². The summed E-state index contributed by atoms with van der Waals surface area (Å²) < 4.78 is 38.5. The zero-order valence-corrected chi connectivity index (χ0v) is 19.0. The number of carbonyl (C=O) groups is 1. The first-order valence-corrected chi connectivity index (χ1v) is 11.9. The van der Waals surface area contributed by atoms with Gasteiger partial charge in [-0.15, -0.1) is 0 Å². The second-order valence-corrected chi connectivity index (χ2v) is 9.53. The fraction of sp³-hybridized carbons (Fsp3) is 0.542. The van der Waals surface area contributed by atoms with Crippen molar-refractivity contribution < 1.29 is 23.0 Å². The highest BCUT2D eigenvalue weighted by molar-refractivity contribution is 6.00. The van der Waals surface area contributed by atoms with E-state index in [0.29, 0.717) is 38.4 Å². The van der Waals surface area contributed by atoms with Crippen LogP contribution in [0.1, 0.15) is 37.3 Å². The number of anilines is 3. The number of nitrogens with one attached hydrogen (secondary N) is 1. The maximum atomic E-state index is 14.0. The van der Waals surface area contributed by atoms with Crippen LogP contribution in [0.25, 0.3) is 0 Å². The molecule has 3 atom stereocenters. The largest absolute Gasteiger partial charge is 0.487 e. The first-order valence-electron chi connectivity index (χ1n) is 11.9. The molecular formula is C24H27F2N5O3. The van der Waals surface area contributed by atoms with E-state index in [1.54, 1.807) is 11.9 Å². The van der Waals surface area contributed by atoms with Gasteiger partial charge in [0.25, 0.3) is 0 Å². The van der Waals surface area contributed by atoms with E-state index in [9.17, 15) is 13.6 Å². The van der Waals surface area contributed by atoms with Gasteiger partial charge in [0.15, 0.2) is 29.0 Å². The molecule has 8 nitrogen and oxygen atoms in total. The summed E-state index contributed by atoms with van der Waals surface area (Å²) in [7, 11) is 1.77. The van der Waals surface area contributed by atoms with Crippen LogP contribution in [0.3, 0.4) is 0 Å². The number of aromatic nitrogens is 2. The van der Waals surface area contributed by atoms with Crippen molar-refractivity contribution in [2.45, 2.75) is 43.7 Å². The predicted molar refractivity (Wildman–Crippen MR) is 121 cm³/mol. The predicted octanol–water partition coefficient (Wildman–Crippen LogP) is 3.08. The molecule has 3 fully saturated rings. The van der Waals surface area contributed by atoms with Crippen molar-refractivity contribution >= 4 is 23.4 Å². The number of hydrogen-bond donors (Lipinski definition) is 1. The molecule has 4 heterocycles. The second kappa shape index (κ2) is 8.33. The van der Waals surface area contributed by atoms with E-state index in [0.717, 1.165) is 42.8 Å². The molecule has 2 unspecified atom stereocenters.